The molecule has 1 aliphatic heterocycles. The molecule has 38 heavy (non-hydrogen) atoms. The normalized spacial score (nSPS) is 15.2. The zero-order valence-electron chi connectivity index (χ0n) is 21.6. The van der Waals surface area contributed by atoms with Gasteiger partial charge < -0.3 is 18.7 Å². The molecule has 0 amide bonds. The van der Waals surface area contributed by atoms with Crippen molar-refractivity contribution in [3.05, 3.63) is 59.2 Å². The number of fused-ring (bicyclic) bond motifs is 1. The lowest BCUT2D eigenvalue weighted by atomic mass is 10.0. The number of nitriles is 1. The molecule has 0 atom stereocenters. The SMILES string of the molecule is CC(C)Oc1ccc(-c2nc(-c3cccc4c3CC=C4OC(=O)CCCN3CCOCC3)no2)cc1C#N. The van der Waals surface area contributed by atoms with E-state index in [0.717, 1.165) is 56.0 Å². The molecule has 0 unspecified atom stereocenters. The molecule has 1 aromatic heterocycles. The van der Waals surface area contributed by atoms with E-state index in [4.69, 9.17) is 18.7 Å². The van der Waals surface area contributed by atoms with Gasteiger partial charge in [0, 0.05) is 36.2 Å². The molecule has 5 rings (SSSR count). The van der Waals surface area contributed by atoms with Gasteiger partial charge in [-0.25, -0.2) is 0 Å². The fourth-order valence-electron chi connectivity index (χ4n) is 4.65. The van der Waals surface area contributed by atoms with Crippen molar-refractivity contribution in [2.24, 2.45) is 0 Å². The van der Waals surface area contributed by atoms with E-state index in [9.17, 15) is 10.1 Å². The van der Waals surface area contributed by atoms with E-state index in [0.29, 0.717) is 47.2 Å². The first-order valence-electron chi connectivity index (χ1n) is 12.9. The molecule has 9 heteroatoms. The predicted octanol–water partition coefficient (Wildman–Crippen LogP) is 4.62. The Morgan fingerprint density at radius 1 is 1.18 bits per heavy atom. The summed E-state index contributed by atoms with van der Waals surface area (Å²) in [6.07, 6.45) is 3.59. The van der Waals surface area contributed by atoms with Crippen LogP contribution in [0.15, 0.2) is 47.0 Å². The van der Waals surface area contributed by atoms with Crippen LogP contribution in [0.25, 0.3) is 28.6 Å². The lowest BCUT2D eigenvalue weighted by Crippen LogP contribution is -2.37. The summed E-state index contributed by atoms with van der Waals surface area (Å²) < 4.78 is 22.3. The van der Waals surface area contributed by atoms with E-state index in [1.54, 1.807) is 18.2 Å². The van der Waals surface area contributed by atoms with Crippen LogP contribution in [0.2, 0.25) is 0 Å². The van der Waals surface area contributed by atoms with Crippen LogP contribution in [0.4, 0.5) is 0 Å². The third kappa shape index (κ3) is 5.77. The zero-order chi connectivity index (χ0) is 26.5. The maximum absolute atomic E-state index is 12.5. The smallest absolute Gasteiger partial charge is 0.311 e. The number of ether oxygens (including phenoxy) is 3. The lowest BCUT2D eigenvalue weighted by molar-refractivity contribution is -0.136. The number of rotatable bonds is 9. The Hall–Kier alpha value is -4.00. The molecule has 2 heterocycles. The van der Waals surface area contributed by atoms with Crippen LogP contribution in [-0.2, 0) is 20.7 Å². The fraction of sp³-hybridized carbons (Fsp3) is 0.379. The van der Waals surface area contributed by atoms with Crippen molar-refractivity contribution in [2.75, 3.05) is 32.8 Å². The third-order valence-corrected chi connectivity index (χ3v) is 6.49. The molecule has 3 aromatic rings. The average molecular weight is 515 g/mol. The molecule has 0 bridgehead atoms. The van der Waals surface area contributed by atoms with Gasteiger partial charge in [0.2, 0.25) is 5.82 Å². The summed E-state index contributed by atoms with van der Waals surface area (Å²) in [7, 11) is 0. The van der Waals surface area contributed by atoms with Crippen molar-refractivity contribution in [1.29, 1.82) is 5.26 Å². The van der Waals surface area contributed by atoms with Crippen molar-refractivity contribution in [2.45, 2.75) is 39.2 Å². The number of allylic oxidation sites excluding steroid dienone is 1. The van der Waals surface area contributed by atoms with Gasteiger partial charge in [0.15, 0.2) is 0 Å². The minimum atomic E-state index is -0.234. The Bertz CT molecular complexity index is 1380. The molecule has 0 spiro atoms. The quantitative estimate of drug-likeness (QED) is 0.378. The van der Waals surface area contributed by atoms with Crippen molar-refractivity contribution in [3.63, 3.8) is 0 Å². The topological polar surface area (TPSA) is 111 Å². The summed E-state index contributed by atoms with van der Waals surface area (Å²) in [5.74, 6) is 1.60. The summed E-state index contributed by atoms with van der Waals surface area (Å²) in [4.78, 5) is 19.4. The summed E-state index contributed by atoms with van der Waals surface area (Å²) in [5.41, 5.74) is 3.69. The van der Waals surface area contributed by atoms with Crippen LogP contribution >= 0.6 is 0 Å². The standard InChI is InChI=1S/C29H30N4O5/c1-19(2)36-25-10-8-20(17-21(25)18-30)29-31-28(32-38-29)24-6-3-5-23-22(24)9-11-26(23)37-27(34)7-4-12-33-13-15-35-16-14-33/h3,5-6,8,10-11,17,19H,4,7,9,12-16H2,1-2H3. The number of hydrogen-bond donors (Lipinski definition) is 0. The van der Waals surface area contributed by atoms with Gasteiger partial charge in [0.05, 0.1) is 24.9 Å². The first-order chi connectivity index (χ1) is 18.5. The summed E-state index contributed by atoms with van der Waals surface area (Å²) in [6, 6.07) is 13.1. The van der Waals surface area contributed by atoms with Crippen LogP contribution in [0, 0.1) is 11.3 Å². The van der Waals surface area contributed by atoms with Crippen LogP contribution in [0.1, 0.15) is 43.4 Å². The summed E-state index contributed by atoms with van der Waals surface area (Å²) >= 11 is 0. The Morgan fingerprint density at radius 3 is 2.79 bits per heavy atom. The van der Waals surface area contributed by atoms with E-state index in [1.807, 2.05) is 38.1 Å². The number of morpholine rings is 1. The van der Waals surface area contributed by atoms with E-state index in [1.165, 1.54) is 0 Å². The Labute approximate surface area is 221 Å². The highest BCUT2D eigenvalue weighted by atomic mass is 16.5. The van der Waals surface area contributed by atoms with Crippen LogP contribution in [0.5, 0.6) is 5.75 Å². The Morgan fingerprint density at radius 2 is 2.00 bits per heavy atom. The highest BCUT2D eigenvalue weighted by Crippen LogP contribution is 2.36. The van der Waals surface area contributed by atoms with Crippen molar-refractivity contribution in [3.8, 4) is 34.7 Å². The zero-order valence-corrected chi connectivity index (χ0v) is 21.6. The number of benzene rings is 2. The number of aromatic nitrogens is 2. The van der Waals surface area contributed by atoms with Gasteiger partial charge in [0.1, 0.15) is 17.6 Å². The van der Waals surface area contributed by atoms with Gasteiger partial charge in [-0.2, -0.15) is 10.2 Å². The van der Waals surface area contributed by atoms with Crippen molar-refractivity contribution >= 4 is 11.7 Å². The molecule has 0 saturated carbocycles. The first kappa shape index (κ1) is 25.6. The van der Waals surface area contributed by atoms with Gasteiger partial charge in [-0.1, -0.05) is 23.4 Å². The number of esters is 1. The number of nitrogens with zero attached hydrogens (tertiary/aromatic N) is 4. The van der Waals surface area contributed by atoms with Crippen molar-refractivity contribution in [1.82, 2.24) is 15.0 Å². The molecule has 0 radical (unpaired) electrons. The van der Waals surface area contributed by atoms with E-state index >= 15 is 0 Å². The molecular weight excluding hydrogens is 484 g/mol. The largest absolute Gasteiger partial charge is 0.490 e. The predicted molar refractivity (Wildman–Crippen MR) is 140 cm³/mol. The molecule has 1 aliphatic carbocycles. The molecule has 9 nitrogen and oxygen atoms in total. The molecule has 2 aromatic carbocycles. The van der Waals surface area contributed by atoms with E-state index in [-0.39, 0.29) is 12.1 Å². The Balaban J connectivity index is 1.26. The van der Waals surface area contributed by atoms with Gasteiger partial charge in [0.25, 0.3) is 5.89 Å². The van der Waals surface area contributed by atoms with Crippen LogP contribution in [0.3, 0.4) is 0 Å². The Kier molecular flexibility index (Phi) is 7.82. The highest BCUT2D eigenvalue weighted by molar-refractivity contribution is 5.83. The minimum absolute atomic E-state index is 0.0454. The average Bonchev–Trinajstić information content (AvgIpc) is 3.57. The van der Waals surface area contributed by atoms with E-state index in [2.05, 4.69) is 21.1 Å². The maximum Gasteiger partial charge on any atom is 0.311 e. The van der Waals surface area contributed by atoms with Gasteiger partial charge >= 0.3 is 5.97 Å². The monoisotopic (exact) mass is 514 g/mol. The number of carbonyl (C=O) groups is 1. The molecule has 0 N–H and O–H groups in total. The highest BCUT2D eigenvalue weighted by Gasteiger charge is 2.24. The second-order valence-electron chi connectivity index (χ2n) is 9.55. The lowest BCUT2D eigenvalue weighted by Gasteiger charge is -2.26. The number of carbonyl (C=O) groups excluding carboxylic acids is 1. The summed E-state index contributed by atoms with van der Waals surface area (Å²) in [5, 5.41) is 13.7. The van der Waals surface area contributed by atoms with E-state index < -0.39 is 0 Å². The molecule has 2 aliphatic rings. The van der Waals surface area contributed by atoms with Crippen LogP contribution < -0.4 is 4.74 Å². The summed E-state index contributed by atoms with van der Waals surface area (Å²) in [6.45, 7) is 7.99. The molecule has 1 fully saturated rings. The van der Waals surface area contributed by atoms with Crippen molar-refractivity contribution < 1.29 is 23.5 Å². The maximum atomic E-state index is 12.5. The second kappa shape index (κ2) is 11.6. The number of hydrogen-bond acceptors (Lipinski definition) is 9. The minimum Gasteiger partial charge on any atom is -0.490 e. The molecular formula is C29H30N4O5. The van der Waals surface area contributed by atoms with Crippen LogP contribution in [-0.4, -0.2) is 60.0 Å². The van der Waals surface area contributed by atoms with Gasteiger partial charge in [-0.3, -0.25) is 9.69 Å². The molecule has 196 valence electrons. The third-order valence-electron chi connectivity index (χ3n) is 6.49. The fourth-order valence-corrected chi connectivity index (χ4v) is 4.65. The van der Waals surface area contributed by atoms with Gasteiger partial charge in [-0.05, 0) is 63.1 Å². The first-order valence-corrected chi connectivity index (χ1v) is 12.9. The molecule has 1 saturated heterocycles. The van der Waals surface area contributed by atoms with Gasteiger partial charge in [-0.15, -0.1) is 0 Å². The second-order valence-corrected chi connectivity index (χ2v) is 9.55.